The first-order valence-electron chi connectivity index (χ1n) is 8.06. The lowest BCUT2D eigenvalue weighted by Crippen LogP contribution is -2.23. The highest BCUT2D eigenvalue weighted by Crippen LogP contribution is 2.23. The zero-order valence-corrected chi connectivity index (χ0v) is 15.8. The zero-order valence-electron chi connectivity index (χ0n) is 14.2. The number of anilines is 1. The number of rotatable bonds is 7. The summed E-state index contributed by atoms with van der Waals surface area (Å²) in [5, 5.41) is 13.7. The van der Waals surface area contributed by atoms with Crippen LogP contribution in [0.3, 0.4) is 0 Å². The number of nitrogens with one attached hydrogen (secondary N) is 1. The molecule has 1 atom stereocenters. The van der Waals surface area contributed by atoms with Crippen LogP contribution < -0.4 is 5.32 Å². The molecule has 0 saturated heterocycles. The summed E-state index contributed by atoms with van der Waals surface area (Å²) in [5.74, 6) is -0.0401. The second-order valence-corrected chi connectivity index (χ2v) is 8.09. The van der Waals surface area contributed by atoms with Gasteiger partial charge in [-0.3, -0.25) is 4.79 Å². The van der Waals surface area contributed by atoms with E-state index in [0.29, 0.717) is 0 Å². The van der Waals surface area contributed by atoms with Crippen molar-refractivity contribution >= 4 is 34.7 Å². The molecule has 3 rings (SSSR count). The summed E-state index contributed by atoms with van der Waals surface area (Å²) < 4.78 is 2.00. The van der Waals surface area contributed by atoms with E-state index in [1.54, 1.807) is 17.7 Å². The summed E-state index contributed by atoms with van der Waals surface area (Å²) in [7, 11) is 0. The Kier molecular flexibility index (Phi) is 5.88. The Morgan fingerprint density at radius 2 is 2.12 bits per heavy atom. The van der Waals surface area contributed by atoms with E-state index in [1.165, 1.54) is 22.2 Å². The number of carbonyl (C=O) groups is 1. The molecule has 3 aromatic rings. The normalized spacial score (nSPS) is 12.1. The molecule has 1 amide bonds. The van der Waals surface area contributed by atoms with Gasteiger partial charge in [-0.1, -0.05) is 35.5 Å². The maximum absolute atomic E-state index is 12.4. The molecule has 0 radical (unpaired) electrons. The molecule has 0 fully saturated rings. The molecule has 5 nitrogen and oxygen atoms in total. The van der Waals surface area contributed by atoms with Gasteiger partial charge in [-0.2, -0.15) is 0 Å². The highest BCUT2D eigenvalue weighted by atomic mass is 32.2. The van der Waals surface area contributed by atoms with E-state index in [2.05, 4.69) is 33.0 Å². The molecule has 2 aromatic heterocycles. The van der Waals surface area contributed by atoms with Gasteiger partial charge in [0.15, 0.2) is 5.16 Å². The molecule has 0 spiro atoms. The number of benzene rings is 1. The number of hydrogen-bond acceptors (Lipinski definition) is 5. The lowest BCUT2D eigenvalue weighted by atomic mass is 10.2. The highest BCUT2D eigenvalue weighted by molar-refractivity contribution is 8.00. The van der Waals surface area contributed by atoms with Gasteiger partial charge in [-0.25, -0.2) is 0 Å². The molecule has 7 heteroatoms. The van der Waals surface area contributed by atoms with Gasteiger partial charge in [-0.15, -0.1) is 21.5 Å². The summed E-state index contributed by atoms with van der Waals surface area (Å²) in [6, 6.07) is 12.0. The SMILES string of the molecule is Cc1ccc(NC(=O)C(C)Sc2nncn2CCc2cccs2)cc1. The van der Waals surface area contributed by atoms with E-state index in [1.807, 2.05) is 42.7 Å². The van der Waals surface area contributed by atoms with Gasteiger partial charge in [0, 0.05) is 17.1 Å². The van der Waals surface area contributed by atoms with E-state index in [0.717, 1.165) is 23.8 Å². The van der Waals surface area contributed by atoms with E-state index in [4.69, 9.17) is 0 Å². The van der Waals surface area contributed by atoms with Crippen LogP contribution in [-0.2, 0) is 17.8 Å². The summed E-state index contributed by atoms with van der Waals surface area (Å²) in [6.45, 7) is 4.71. The van der Waals surface area contributed by atoms with Gasteiger partial charge >= 0.3 is 0 Å². The molecule has 0 saturated carbocycles. The first-order valence-corrected chi connectivity index (χ1v) is 9.82. The molecular formula is C18H20N4OS2. The van der Waals surface area contributed by atoms with Crippen LogP contribution >= 0.6 is 23.1 Å². The molecule has 1 unspecified atom stereocenters. The van der Waals surface area contributed by atoms with Crippen molar-refractivity contribution in [1.29, 1.82) is 0 Å². The number of aryl methyl sites for hydroxylation is 3. The first kappa shape index (κ1) is 17.7. The Morgan fingerprint density at radius 1 is 1.32 bits per heavy atom. The van der Waals surface area contributed by atoms with Crippen molar-refractivity contribution in [2.75, 3.05) is 5.32 Å². The van der Waals surface area contributed by atoms with Crippen LogP contribution in [0.15, 0.2) is 53.3 Å². The molecule has 130 valence electrons. The van der Waals surface area contributed by atoms with Gasteiger partial charge < -0.3 is 9.88 Å². The van der Waals surface area contributed by atoms with Crippen LogP contribution in [0.1, 0.15) is 17.4 Å². The predicted octanol–water partition coefficient (Wildman–Crippen LogP) is 4.01. The molecule has 0 bridgehead atoms. The van der Waals surface area contributed by atoms with E-state index < -0.39 is 0 Å². The highest BCUT2D eigenvalue weighted by Gasteiger charge is 2.18. The zero-order chi connectivity index (χ0) is 17.6. The molecule has 0 aliphatic rings. The Hall–Kier alpha value is -2.12. The third-order valence-electron chi connectivity index (χ3n) is 3.73. The maximum atomic E-state index is 12.4. The Labute approximate surface area is 155 Å². The minimum Gasteiger partial charge on any atom is -0.325 e. The van der Waals surface area contributed by atoms with Crippen LogP contribution in [0.25, 0.3) is 0 Å². The second-order valence-electron chi connectivity index (χ2n) is 5.75. The maximum Gasteiger partial charge on any atom is 0.237 e. The standard InChI is InChI=1S/C18H20N4OS2/c1-13-5-7-15(8-6-13)20-17(23)14(2)25-18-21-19-12-22(18)10-9-16-4-3-11-24-16/h3-8,11-12,14H,9-10H2,1-2H3,(H,20,23). The number of hydrogen-bond donors (Lipinski definition) is 1. The third kappa shape index (κ3) is 4.93. The fourth-order valence-corrected chi connectivity index (χ4v) is 3.82. The lowest BCUT2D eigenvalue weighted by Gasteiger charge is -2.12. The summed E-state index contributed by atoms with van der Waals surface area (Å²) in [4.78, 5) is 13.7. The molecule has 25 heavy (non-hydrogen) atoms. The Balaban J connectivity index is 1.57. The summed E-state index contributed by atoms with van der Waals surface area (Å²) in [6.07, 6.45) is 2.66. The Bertz CT molecular complexity index is 812. The van der Waals surface area contributed by atoms with Crippen molar-refractivity contribution in [2.24, 2.45) is 0 Å². The smallest absolute Gasteiger partial charge is 0.237 e. The van der Waals surface area contributed by atoms with E-state index in [9.17, 15) is 4.79 Å². The molecule has 2 heterocycles. The van der Waals surface area contributed by atoms with Crippen molar-refractivity contribution in [2.45, 2.75) is 37.2 Å². The van der Waals surface area contributed by atoms with Gasteiger partial charge in [0.25, 0.3) is 0 Å². The van der Waals surface area contributed by atoms with Crippen molar-refractivity contribution in [3.63, 3.8) is 0 Å². The lowest BCUT2D eigenvalue weighted by molar-refractivity contribution is -0.115. The average Bonchev–Trinajstić information content (AvgIpc) is 3.26. The molecular weight excluding hydrogens is 352 g/mol. The fourth-order valence-electron chi connectivity index (χ4n) is 2.27. The fraction of sp³-hybridized carbons (Fsp3) is 0.278. The average molecular weight is 373 g/mol. The minimum absolute atomic E-state index is 0.0401. The van der Waals surface area contributed by atoms with Gasteiger partial charge in [0.05, 0.1) is 5.25 Å². The van der Waals surface area contributed by atoms with Crippen molar-refractivity contribution in [3.05, 3.63) is 58.5 Å². The minimum atomic E-state index is -0.258. The monoisotopic (exact) mass is 372 g/mol. The Morgan fingerprint density at radius 3 is 2.84 bits per heavy atom. The summed E-state index contributed by atoms with van der Waals surface area (Å²) >= 11 is 3.17. The van der Waals surface area contributed by atoms with Crippen LogP contribution in [0.4, 0.5) is 5.69 Å². The number of carbonyl (C=O) groups excluding carboxylic acids is 1. The molecule has 0 aliphatic carbocycles. The van der Waals surface area contributed by atoms with E-state index >= 15 is 0 Å². The third-order valence-corrected chi connectivity index (χ3v) is 5.76. The number of thioether (sulfide) groups is 1. The topological polar surface area (TPSA) is 59.8 Å². The van der Waals surface area contributed by atoms with Crippen molar-refractivity contribution in [3.8, 4) is 0 Å². The molecule has 1 aromatic carbocycles. The largest absolute Gasteiger partial charge is 0.325 e. The predicted molar refractivity (Wildman–Crippen MR) is 103 cm³/mol. The van der Waals surface area contributed by atoms with Crippen LogP contribution in [0.2, 0.25) is 0 Å². The second kappa shape index (κ2) is 8.31. The number of aromatic nitrogens is 3. The van der Waals surface area contributed by atoms with E-state index in [-0.39, 0.29) is 11.2 Å². The van der Waals surface area contributed by atoms with Crippen molar-refractivity contribution in [1.82, 2.24) is 14.8 Å². The number of amides is 1. The first-order chi connectivity index (χ1) is 12.1. The van der Waals surface area contributed by atoms with Crippen LogP contribution in [0, 0.1) is 6.92 Å². The molecule has 0 aliphatic heterocycles. The quantitative estimate of drug-likeness (QED) is 0.637. The van der Waals surface area contributed by atoms with Crippen LogP contribution in [0.5, 0.6) is 0 Å². The summed E-state index contributed by atoms with van der Waals surface area (Å²) in [5.41, 5.74) is 1.97. The number of thiophene rings is 1. The van der Waals surface area contributed by atoms with Crippen molar-refractivity contribution < 1.29 is 4.79 Å². The van der Waals surface area contributed by atoms with Gasteiger partial charge in [0.2, 0.25) is 5.91 Å². The van der Waals surface area contributed by atoms with Gasteiger partial charge in [-0.05, 0) is 43.8 Å². The molecule has 1 N–H and O–H groups in total. The number of nitrogens with zero attached hydrogens (tertiary/aromatic N) is 3. The van der Waals surface area contributed by atoms with Gasteiger partial charge in [0.1, 0.15) is 6.33 Å². The van der Waals surface area contributed by atoms with Crippen LogP contribution in [-0.4, -0.2) is 25.9 Å².